The van der Waals surface area contributed by atoms with E-state index in [2.05, 4.69) is 9.47 Å². The van der Waals surface area contributed by atoms with Crippen LogP contribution in [-0.4, -0.2) is 27.5 Å². The zero-order chi connectivity index (χ0) is 16.8. The van der Waals surface area contributed by atoms with Gasteiger partial charge in [0.05, 0.1) is 11.5 Å². The number of rotatable bonds is 6. The summed E-state index contributed by atoms with van der Waals surface area (Å²) >= 11 is 0. The number of sulfonamides is 1. The summed E-state index contributed by atoms with van der Waals surface area (Å²) in [5, 5.41) is 0. The third-order valence-corrected chi connectivity index (χ3v) is 3.64. The molecule has 1 rings (SSSR count). The topological polar surface area (TPSA) is 81.7 Å². The number of hydrogen-bond donors (Lipinski definition) is 1. The van der Waals surface area contributed by atoms with Crippen molar-refractivity contribution in [1.82, 2.24) is 4.72 Å². The van der Waals surface area contributed by atoms with E-state index in [-0.39, 0.29) is 6.61 Å². The summed E-state index contributed by atoms with van der Waals surface area (Å²) < 4.78 is 69.4. The molecule has 1 aromatic carbocycles. The molecule has 0 atom stereocenters. The maximum absolute atomic E-state index is 12.0. The number of alkyl halides is 3. The average molecular weight is 341 g/mol. The van der Waals surface area contributed by atoms with Crippen LogP contribution in [0.2, 0.25) is 0 Å². The summed E-state index contributed by atoms with van der Waals surface area (Å²) in [5.74, 6) is -0.572. The standard InChI is InChI=1S/C12H14F3NO5S/c1-2-3-8-20-11(17)16-22(18,19)10-6-4-9(5-7-10)21-12(13,14)15/h4-7H,2-3,8H2,1H3,(H,16,17). The second-order valence-electron chi connectivity index (χ2n) is 4.11. The zero-order valence-corrected chi connectivity index (χ0v) is 12.3. The predicted molar refractivity (Wildman–Crippen MR) is 69.7 cm³/mol. The van der Waals surface area contributed by atoms with Crippen molar-refractivity contribution in [3.8, 4) is 5.75 Å². The normalized spacial score (nSPS) is 11.8. The van der Waals surface area contributed by atoms with E-state index in [1.54, 1.807) is 4.72 Å². The van der Waals surface area contributed by atoms with Crippen molar-refractivity contribution in [3.63, 3.8) is 0 Å². The van der Waals surface area contributed by atoms with Gasteiger partial charge in [0.1, 0.15) is 5.75 Å². The molecule has 0 aliphatic carbocycles. The Bertz CT molecular complexity index is 598. The van der Waals surface area contributed by atoms with E-state index in [9.17, 15) is 26.4 Å². The molecule has 0 aliphatic heterocycles. The van der Waals surface area contributed by atoms with Crippen molar-refractivity contribution in [3.05, 3.63) is 24.3 Å². The minimum atomic E-state index is -4.87. The van der Waals surface area contributed by atoms with Gasteiger partial charge in [-0.3, -0.25) is 0 Å². The van der Waals surface area contributed by atoms with Gasteiger partial charge in [0.15, 0.2) is 0 Å². The first-order valence-electron chi connectivity index (χ1n) is 6.19. The van der Waals surface area contributed by atoms with E-state index in [4.69, 9.17) is 0 Å². The Kier molecular flexibility index (Phi) is 6.03. The van der Waals surface area contributed by atoms with Gasteiger partial charge < -0.3 is 9.47 Å². The summed E-state index contributed by atoms with van der Waals surface area (Å²) in [6, 6.07) is 3.40. The van der Waals surface area contributed by atoms with E-state index < -0.39 is 33.1 Å². The Balaban J connectivity index is 2.71. The molecule has 1 N–H and O–H groups in total. The lowest BCUT2D eigenvalue weighted by Crippen LogP contribution is -2.31. The predicted octanol–water partition coefficient (Wildman–Crippen LogP) is 2.80. The van der Waals surface area contributed by atoms with Crippen LogP contribution in [0.1, 0.15) is 19.8 Å². The van der Waals surface area contributed by atoms with Gasteiger partial charge in [-0.1, -0.05) is 13.3 Å². The molecule has 0 spiro atoms. The third-order valence-electron chi connectivity index (χ3n) is 2.32. The second kappa shape index (κ2) is 7.34. The Morgan fingerprint density at radius 2 is 1.82 bits per heavy atom. The van der Waals surface area contributed by atoms with Crippen LogP contribution in [-0.2, 0) is 14.8 Å². The van der Waals surface area contributed by atoms with Gasteiger partial charge in [-0.25, -0.2) is 17.9 Å². The lowest BCUT2D eigenvalue weighted by atomic mass is 10.3. The largest absolute Gasteiger partial charge is 0.573 e. The molecule has 22 heavy (non-hydrogen) atoms. The molecular formula is C12H14F3NO5S. The maximum Gasteiger partial charge on any atom is 0.573 e. The Labute approximate surface area is 125 Å². The molecule has 0 radical (unpaired) electrons. The molecule has 0 unspecified atom stereocenters. The lowest BCUT2D eigenvalue weighted by molar-refractivity contribution is -0.274. The SMILES string of the molecule is CCCCOC(=O)NS(=O)(=O)c1ccc(OC(F)(F)F)cc1. The quantitative estimate of drug-likeness (QED) is 0.805. The van der Waals surface area contributed by atoms with Gasteiger partial charge in [0, 0.05) is 0 Å². The van der Waals surface area contributed by atoms with Crippen LogP contribution in [0.15, 0.2) is 29.2 Å². The Morgan fingerprint density at radius 1 is 1.23 bits per heavy atom. The van der Waals surface area contributed by atoms with Crippen molar-refractivity contribution >= 4 is 16.1 Å². The van der Waals surface area contributed by atoms with Gasteiger partial charge in [0.25, 0.3) is 10.0 Å². The number of carbonyl (C=O) groups excluding carboxylic acids is 1. The van der Waals surface area contributed by atoms with Crippen LogP contribution in [0.4, 0.5) is 18.0 Å². The molecule has 1 aromatic rings. The molecular weight excluding hydrogens is 327 g/mol. The molecule has 0 aliphatic rings. The minimum Gasteiger partial charge on any atom is -0.449 e. The van der Waals surface area contributed by atoms with E-state index in [0.717, 1.165) is 30.7 Å². The van der Waals surface area contributed by atoms with Crippen LogP contribution in [0.25, 0.3) is 0 Å². The molecule has 0 heterocycles. The van der Waals surface area contributed by atoms with Crippen molar-refractivity contribution in [2.75, 3.05) is 6.61 Å². The summed E-state index contributed by atoms with van der Waals surface area (Å²) in [5.41, 5.74) is 0. The number of benzene rings is 1. The first-order chi connectivity index (χ1) is 10.1. The smallest absolute Gasteiger partial charge is 0.449 e. The fraction of sp³-hybridized carbons (Fsp3) is 0.417. The molecule has 6 nitrogen and oxygen atoms in total. The number of nitrogens with one attached hydrogen (secondary N) is 1. The number of amides is 1. The molecule has 0 saturated heterocycles. The third kappa shape index (κ3) is 6.20. The van der Waals surface area contributed by atoms with Gasteiger partial charge in [-0.2, -0.15) is 0 Å². The van der Waals surface area contributed by atoms with Gasteiger partial charge in [-0.15, -0.1) is 13.2 Å². The van der Waals surface area contributed by atoms with Crippen LogP contribution in [0, 0.1) is 0 Å². The monoisotopic (exact) mass is 341 g/mol. The van der Waals surface area contributed by atoms with Crippen molar-refractivity contribution in [2.45, 2.75) is 31.0 Å². The van der Waals surface area contributed by atoms with E-state index in [0.29, 0.717) is 6.42 Å². The highest BCUT2D eigenvalue weighted by molar-refractivity contribution is 7.90. The maximum atomic E-state index is 12.0. The summed E-state index contributed by atoms with van der Waals surface area (Å²) in [6.45, 7) is 1.93. The van der Waals surface area contributed by atoms with E-state index in [1.165, 1.54) is 0 Å². The lowest BCUT2D eigenvalue weighted by Gasteiger charge is -2.10. The van der Waals surface area contributed by atoms with Crippen LogP contribution >= 0.6 is 0 Å². The van der Waals surface area contributed by atoms with Gasteiger partial charge >= 0.3 is 12.5 Å². The molecule has 0 aromatic heterocycles. The molecule has 124 valence electrons. The highest BCUT2D eigenvalue weighted by Crippen LogP contribution is 2.23. The second-order valence-corrected chi connectivity index (χ2v) is 5.80. The van der Waals surface area contributed by atoms with Crippen molar-refractivity contribution in [1.29, 1.82) is 0 Å². The van der Waals surface area contributed by atoms with Crippen molar-refractivity contribution in [2.24, 2.45) is 0 Å². The highest BCUT2D eigenvalue weighted by atomic mass is 32.2. The average Bonchev–Trinajstić information content (AvgIpc) is 2.37. The molecule has 0 bridgehead atoms. The van der Waals surface area contributed by atoms with E-state index in [1.807, 2.05) is 6.92 Å². The van der Waals surface area contributed by atoms with E-state index >= 15 is 0 Å². The summed E-state index contributed by atoms with van der Waals surface area (Å²) in [7, 11) is -4.22. The van der Waals surface area contributed by atoms with Crippen molar-refractivity contribution < 1.29 is 35.9 Å². The molecule has 10 heteroatoms. The van der Waals surface area contributed by atoms with Gasteiger partial charge in [0.2, 0.25) is 0 Å². The van der Waals surface area contributed by atoms with Gasteiger partial charge in [-0.05, 0) is 30.7 Å². The Morgan fingerprint density at radius 3 is 2.32 bits per heavy atom. The summed E-state index contributed by atoms with van der Waals surface area (Å²) in [6.07, 6.45) is -4.68. The fourth-order valence-corrected chi connectivity index (χ4v) is 2.22. The first-order valence-corrected chi connectivity index (χ1v) is 7.68. The van der Waals surface area contributed by atoms with Crippen LogP contribution < -0.4 is 9.46 Å². The number of halogens is 3. The number of carbonyl (C=O) groups is 1. The Hall–Kier alpha value is -1.97. The van der Waals surface area contributed by atoms with Crippen LogP contribution in [0.3, 0.4) is 0 Å². The highest BCUT2D eigenvalue weighted by Gasteiger charge is 2.31. The zero-order valence-electron chi connectivity index (χ0n) is 11.5. The molecule has 0 saturated carbocycles. The number of ether oxygens (including phenoxy) is 2. The minimum absolute atomic E-state index is 0.0657. The number of hydrogen-bond acceptors (Lipinski definition) is 5. The molecule has 1 amide bonds. The fourth-order valence-electron chi connectivity index (χ4n) is 1.33. The van der Waals surface area contributed by atoms with Crippen LogP contribution in [0.5, 0.6) is 5.75 Å². The summed E-state index contributed by atoms with van der Waals surface area (Å²) in [4.78, 5) is 10.9. The number of unbranched alkanes of at least 4 members (excludes halogenated alkanes) is 1. The molecule has 0 fully saturated rings. The first kappa shape index (κ1) is 18.1.